The highest BCUT2D eigenvalue weighted by molar-refractivity contribution is 7.12. The lowest BCUT2D eigenvalue weighted by Gasteiger charge is -2.14. The van der Waals surface area contributed by atoms with E-state index in [2.05, 4.69) is 5.32 Å². The molecular weight excluding hydrogens is 265 g/mol. The zero-order chi connectivity index (χ0) is 13.8. The maximum absolute atomic E-state index is 13.6. The molecule has 0 aliphatic rings. The smallest absolute Gasteiger partial charge is 0.346 e. The van der Waals surface area contributed by atoms with Crippen LogP contribution in [0.15, 0.2) is 35.7 Å². The highest BCUT2D eigenvalue weighted by Gasteiger charge is 2.14. The molecule has 0 fully saturated rings. The van der Waals surface area contributed by atoms with Gasteiger partial charge >= 0.3 is 5.97 Å². The molecule has 0 aliphatic carbocycles. The summed E-state index contributed by atoms with van der Waals surface area (Å²) in [7, 11) is 0. The average molecular weight is 279 g/mol. The number of carbonyl (C=O) groups is 1. The highest BCUT2D eigenvalue weighted by Crippen LogP contribution is 2.20. The van der Waals surface area contributed by atoms with Crippen LogP contribution in [0.1, 0.15) is 33.8 Å². The Kier molecular flexibility index (Phi) is 4.29. The third-order valence-corrected chi connectivity index (χ3v) is 3.86. The summed E-state index contributed by atoms with van der Waals surface area (Å²) in [5.74, 6) is -1.18. The second-order valence-electron chi connectivity index (χ2n) is 4.20. The number of rotatable bonds is 5. The second-order valence-corrected chi connectivity index (χ2v) is 5.12. The number of benzene rings is 1. The molecule has 1 aromatic heterocycles. The van der Waals surface area contributed by atoms with Gasteiger partial charge in [0.1, 0.15) is 10.7 Å². The predicted molar refractivity (Wildman–Crippen MR) is 72.9 cm³/mol. The summed E-state index contributed by atoms with van der Waals surface area (Å²) < 4.78 is 13.6. The molecule has 0 unspecified atom stereocenters. The van der Waals surface area contributed by atoms with Crippen molar-refractivity contribution < 1.29 is 14.3 Å². The van der Waals surface area contributed by atoms with Crippen LogP contribution in [-0.2, 0) is 6.54 Å². The van der Waals surface area contributed by atoms with Crippen LogP contribution in [0.4, 0.5) is 4.39 Å². The summed E-state index contributed by atoms with van der Waals surface area (Å²) in [6.45, 7) is 2.26. The van der Waals surface area contributed by atoms with Crippen LogP contribution in [0.25, 0.3) is 0 Å². The van der Waals surface area contributed by atoms with Gasteiger partial charge in [-0.1, -0.05) is 18.2 Å². The first-order valence-corrected chi connectivity index (χ1v) is 6.75. The largest absolute Gasteiger partial charge is 0.477 e. The summed E-state index contributed by atoms with van der Waals surface area (Å²) in [5, 5.41) is 13.9. The lowest BCUT2D eigenvalue weighted by Crippen LogP contribution is -2.19. The average Bonchev–Trinajstić information content (AvgIpc) is 2.85. The fourth-order valence-electron chi connectivity index (χ4n) is 1.86. The van der Waals surface area contributed by atoms with Crippen molar-refractivity contribution >= 4 is 17.3 Å². The second kappa shape index (κ2) is 5.95. The molecule has 0 saturated heterocycles. The van der Waals surface area contributed by atoms with E-state index in [9.17, 15) is 9.18 Å². The summed E-state index contributed by atoms with van der Waals surface area (Å²) in [5.41, 5.74) is 1.30. The number of hydrogen-bond acceptors (Lipinski definition) is 3. The van der Waals surface area contributed by atoms with Gasteiger partial charge in [0.2, 0.25) is 0 Å². The number of nitrogens with one attached hydrogen (secondary N) is 1. The van der Waals surface area contributed by atoms with Crippen LogP contribution in [0.3, 0.4) is 0 Å². The molecule has 0 saturated carbocycles. The number of carboxylic acids is 1. The predicted octanol–water partition coefficient (Wildman–Crippen LogP) is 3.44. The quantitative estimate of drug-likeness (QED) is 0.881. The molecular formula is C14H14FNO2S. The van der Waals surface area contributed by atoms with Crippen LogP contribution >= 0.6 is 11.3 Å². The zero-order valence-electron chi connectivity index (χ0n) is 10.4. The molecule has 1 heterocycles. The van der Waals surface area contributed by atoms with E-state index in [1.165, 1.54) is 17.4 Å². The molecule has 5 heteroatoms. The Morgan fingerprint density at radius 2 is 2.16 bits per heavy atom. The van der Waals surface area contributed by atoms with E-state index in [1.54, 1.807) is 29.6 Å². The molecule has 100 valence electrons. The summed E-state index contributed by atoms with van der Waals surface area (Å²) in [6.07, 6.45) is 0. The van der Waals surface area contributed by atoms with Gasteiger partial charge in [0.25, 0.3) is 0 Å². The standard InChI is InChI=1S/C14H14FNO2S/c1-9(11-4-2-3-5-12(11)15)16-8-10-6-7-19-13(10)14(17)18/h2-7,9,16H,8H2,1H3,(H,17,18)/t9-/m1/s1. The lowest BCUT2D eigenvalue weighted by atomic mass is 10.1. The monoisotopic (exact) mass is 279 g/mol. The third kappa shape index (κ3) is 3.19. The first kappa shape index (κ1) is 13.7. The number of carboxylic acid groups (broad SMARTS) is 1. The number of hydrogen-bond donors (Lipinski definition) is 2. The van der Waals surface area contributed by atoms with E-state index in [-0.39, 0.29) is 11.9 Å². The van der Waals surface area contributed by atoms with Crippen LogP contribution in [0.2, 0.25) is 0 Å². The van der Waals surface area contributed by atoms with Crippen LogP contribution < -0.4 is 5.32 Å². The Morgan fingerprint density at radius 3 is 2.84 bits per heavy atom. The minimum Gasteiger partial charge on any atom is -0.477 e. The number of aromatic carboxylic acids is 1. The Bertz CT molecular complexity index is 582. The minimum atomic E-state index is -0.926. The minimum absolute atomic E-state index is 0.178. The fourth-order valence-corrected chi connectivity index (χ4v) is 2.62. The van der Waals surface area contributed by atoms with Gasteiger partial charge in [0, 0.05) is 18.2 Å². The van der Waals surface area contributed by atoms with Gasteiger partial charge in [-0.25, -0.2) is 9.18 Å². The maximum atomic E-state index is 13.6. The van der Waals surface area contributed by atoms with Gasteiger partial charge in [0.15, 0.2) is 0 Å². The first-order chi connectivity index (χ1) is 9.09. The Labute approximate surface area is 114 Å². The summed E-state index contributed by atoms with van der Waals surface area (Å²) >= 11 is 1.19. The molecule has 2 N–H and O–H groups in total. The van der Waals surface area contributed by atoms with Gasteiger partial charge in [0.05, 0.1) is 0 Å². The van der Waals surface area contributed by atoms with E-state index < -0.39 is 5.97 Å². The van der Waals surface area contributed by atoms with Gasteiger partial charge in [-0.2, -0.15) is 0 Å². The van der Waals surface area contributed by atoms with Crippen molar-refractivity contribution in [2.24, 2.45) is 0 Å². The molecule has 2 aromatic rings. The van der Waals surface area contributed by atoms with E-state index in [1.807, 2.05) is 6.92 Å². The van der Waals surface area contributed by atoms with E-state index in [0.717, 1.165) is 5.56 Å². The van der Waals surface area contributed by atoms with Crippen molar-refractivity contribution in [3.8, 4) is 0 Å². The molecule has 1 atom stereocenters. The van der Waals surface area contributed by atoms with Gasteiger partial charge in [-0.05, 0) is 30.0 Å². The third-order valence-electron chi connectivity index (χ3n) is 2.91. The topological polar surface area (TPSA) is 49.3 Å². The van der Waals surface area contributed by atoms with Crippen molar-refractivity contribution in [1.82, 2.24) is 5.32 Å². The molecule has 1 aromatic carbocycles. The van der Waals surface area contributed by atoms with Crippen molar-refractivity contribution in [2.45, 2.75) is 19.5 Å². The van der Waals surface area contributed by atoms with Crippen molar-refractivity contribution in [3.63, 3.8) is 0 Å². The van der Waals surface area contributed by atoms with Crippen LogP contribution in [-0.4, -0.2) is 11.1 Å². The Morgan fingerprint density at radius 1 is 1.42 bits per heavy atom. The van der Waals surface area contributed by atoms with Crippen LogP contribution in [0, 0.1) is 5.82 Å². The van der Waals surface area contributed by atoms with E-state index in [0.29, 0.717) is 17.0 Å². The van der Waals surface area contributed by atoms with E-state index >= 15 is 0 Å². The number of halogens is 1. The number of thiophene rings is 1. The normalized spacial score (nSPS) is 12.3. The van der Waals surface area contributed by atoms with Crippen molar-refractivity contribution in [1.29, 1.82) is 0 Å². The molecule has 2 rings (SSSR count). The fraction of sp³-hybridized carbons (Fsp3) is 0.214. The summed E-state index contributed by atoms with van der Waals surface area (Å²) in [4.78, 5) is 11.3. The molecule has 19 heavy (non-hydrogen) atoms. The van der Waals surface area contributed by atoms with Crippen molar-refractivity contribution in [2.75, 3.05) is 0 Å². The Hall–Kier alpha value is -1.72. The SMILES string of the molecule is C[C@@H](NCc1ccsc1C(=O)O)c1ccccc1F. The summed E-state index contributed by atoms with van der Waals surface area (Å²) in [6, 6.07) is 8.16. The molecule has 0 amide bonds. The van der Waals surface area contributed by atoms with Gasteiger partial charge in [-0.3, -0.25) is 0 Å². The highest BCUT2D eigenvalue weighted by atomic mass is 32.1. The molecule has 0 bridgehead atoms. The Balaban J connectivity index is 2.05. The van der Waals surface area contributed by atoms with Gasteiger partial charge in [-0.15, -0.1) is 11.3 Å². The molecule has 0 spiro atoms. The molecule has 3 nitrogen and oxygen atoms in total. The molecule has 0 radical (unpaired) electrons. The maximum Gasteiger partial charge on any atom is 0.346 e. The zero-order valence-corrected chi connectivity index (χ0v) is 11.2. The van der Waals surface area contributed by atoms with Crippen LogP contribution in [0.5, 0.6) is 0 Å². The lowest BCUT2D eigenvalue weighted by molar-refractivity contribution is 0.0701. The molecule has 0 aliphatic heterocycles. The van der Waals surface area contributed by atoms with Gasteiger partial charge < -0.3 is 10.4 Å². The van der Waals surface area contributed by atoms with E-state index in [4.69, 9.17) is 5.11 Å². The van der Waals surface area contributed by atoms with Crippen molar-refractivity contribution in [3.05, 3.63) is 57.5 Å². The first-order valence-electron chi connectivity index (χ1n) is 5.87.